The Bertz CT molecular complexity index is 751. The molecule has 2 heterocycles. The first-order valence-electron chi connectivity index (χ1n) is 6.83. The zero-order valence-corrected chi connectivity index (χ0v) is 12.0. The fourth-order valence-corrected chi connectivity index (χ4v) is 2.01. The first-order chi connectivity index (χ1) is 10.1. The zero-order chi connectivity index (χ0) is 14.8. The highest BCUT2D eigenvalue weighted by Gasteiger charge is 2.14. The lowest BCUT2D eigenvalue weighted by atomic mass is 10.2. The standard InChI is InChI=1S/C15H17N5O/c1-9(2)12-17-11-13(18-12)19-15(16)20-14(11)21-8-10-6-4-3-5-7-10/h3-7,9H,8H2,1-2H3,(H3,16,17,18,19,20). The number of hydrogen-bond donors (Lipinski definition) is 2. The summed E-state index contributed by atoms with van der Waals surface area (Å²) in [6.45, 7) is 4.53. The van der Waals surface area contributed by atoms with E-state index in [0.717, 1.165) is 11.4 Å². The van der Waals surface area contributed by atoms with Gasteiger partial charge in [-0.2, -0.15) is 9.97 Å². The lowest BCUT2D eigenvalue weighted by Gasteiger charge is -2.06. The molecule has 0 saturated carbocycles. The molecule has 0 fully saturated rings. The smallest absolute Gasteiger partial charge is 0.245 e. The Balaban J connectivity index is 1.93. The molecule has 0 saturated heterocycles. The summed E-state index contributed by atoms with van der Waals surface area (Å²) in [4.78, 5) is 15.9. The van der Waals surface area contributed by atoms with Crippen molar-refractivity contribution in [2.45, 2.75) is 26.4 Å². The van der Waals surface area contributed by atoms with Gasteiger partial charge < -0.3 is 15.5 Å². The largest absolute Gasteiger partial charge is 0.471 e. The Labute approximate surface area is 122 Å². The van der Waals surface area contributed by atoms with E-state index in [9.17, 15) is 0 Å². The van der Waals surface area contributed by atoms with Gasteiger partial charge in [-0.15, -0.1) is 0 Å². The van der Waals surface area contributed by atoms with Gasteiger partial charge in [0, 0.05) is 5.92 Å². The summed E-state index contributed by atoms with van der Waals surface area (Å²) < 4.78 is 5.78. The van der Waals surface area contributed by atoms with Gasteiger partial charge in [0.2, 0.25) is 11.8 Å². The number of nitrogen functional groups attached to an aromatic ring is 1. The second-order valence-corrected chi connectivity index (χ2v) is 5.14. The molecule has 1 aromatic carbocycles. The van der Waals surface area contributed by atoms with Crippen LogP contribution in [0.15, 0.2) is 30.3 Å². The van der Waals surface area contributed by atoms with Gasteiger partial charge in [0.05, 0.1) is 0 Å². The third kappa shape index (κ3) is 2.79. The Kier molecular flexibility index (Phi) is 3.43. The molecule has 0 atom stereocenters. The molecule has 0 spiro atoms. The third-order valence-electron chi connectivity index (χ3n) is 3.12. The van der Waals surface area contributed by atoms with Crippen molar-refractivity contribution in [2.24, 2.45) is 0 Å². The highest BCUT2D eigenvalue weighted by molar-refractivity contribution is 5.77. The number of rotatable bonds is 4. The number of aromatic amines is 1. The molecule has 3 rings (SSSR count). The monoisotopic (exact) mass is 283 g/mol. The van der Waals surface area contributed by atoms with Crippen LogP contribution in [-0.4, -0.2) is 19.9 Å². The number of nitrogens with two attached hydrogens (primary N) is 1. The number of nitrogens with zero attached hydrogens (tertiary/aromatic N) is 3. The zero-order valence-electron chi connectivity index (χ0n) is 12.0. The molecule has 0 unspecified atom stereocenters. The average Bonchev–Trinajstić information content (AvgIpc) is 2.90. The van der Waals surface area contributed by atoms with Crippen molar-refractivity contribution in [3.8, 4) is 5.88 Å². The highest BCUT2D eigenvalue weighted by Crippen LogP contribution is 2.24. The maximum atomic E-state index is 5.78. The van der Waals surface area contributed by atoms with Gasteiger partial charge in [-0.05, 0) is 5.56 Å². The number of ether oxygens (including phenoxy) is 1. The quantitative estimate of drug-likeness (QED) is 0.768. The van der Waals surface area contributed by atoms with Crippen LogP contribution in [0.1, 0.15) is 31.2 Å². The maximum Gasteiger partial charge on any atom is 0.245 e. The van der Waals surface area contributed by atoms with Crippen LogP contribution in [-0.2, 0) is 6.61 Å². The van der Waals surface area contributed by atoms with E-state index < -0.39 is 0 Å². The summed E-state index contributed by atoms with van der Waals surface area (Å²) >= 11 is 0. The molecular weight excluding hydrogens is 266 g/mol. The van der Waals surface area contributed by atoms with E-state index in [-0.39, 0.29) is 11.9 Å². The minimum atomic E-state index is 0.160. The van der Waals surface area contributed by atoms with E-state index >= 15 is 0 Å². The number of H-pyrrole nitrogens is 1. The van der Waals surface area contributed by atoms with Gasteiger partial charge in [0.1, 0.15) is 17.9 Å². The van der Waals surface area contributed by atoms with Gasteiger partial charge in [-0.25, -0.2) is 4.98 Å². The van der Waals surface area contributed by atoms with Crippen molar-refractivity contribution in [3.63, 3.8) is 0 Å². The second-order valence-electron chi connectivity index (χ2n) is 5.14. The lowest BCUT2D eigenvalue weighted by Crippen LogP contribution is -2.02. The lowest BCUT2D eigenvalue weighted by molar-refractivity contribution is 0.297. The molecule has 3 aromatic rings. The molecule has 0 amide bonds. The number of anilines is 1. The van der Waals surface area contributed by atoms with Crippen molar-refractivity contribution < 1.29 is 4.74 Å². The minimum absolute atomic E-state index is 0.160. The summed E-state index contributed by atoms with van der Waals surface area (Å²) in [5.74, 6) is 1.70. The van der Waals surface area contributed by atoms with Crippen molar-refractivity contribution >= 4 is 17.1 Å². The van der Waals surface area contributed by atoms with Crippen LogP contribution >= 0.6 is 0 Å². The molecule has 0 aliphatic heterocycles. The Morgan fingerprint density at radius 3 is 2.62 bits per heavy atom. The normalized spacial score (nSPS) is 11.2. The second kappa shape index (κ2) is 5.40. The van der Waals surface area contributed by atoms with Gasteiger partial charge in [-0.3, -0.25) is 0 Å². The number of benzene rings is 1. The first-order valence-corrected chi connectivity index (χ1v) is 6.83. The fraction of sp³-hybridized carbons (Fsp3) is 0.267. The SMILES string of the molecule is CC(C)c1nc2nc(N)nc(OCc3ccccc3)c2[nH]1. The van der Waals surface area contributed by atoms with Crippen molar-refractivity contribution in [1.29, 1.82) is 0 Å². The van der Waals surface area contributed by atoms with Gasteiger partial charge in [-0.1, -0.05) is 44.2 Å². The number of hydrogen-bond acceptors (Lipinski definition) is 5. The predicted octanol–water partition coefficient (Wildman–Crippen LogP) is 2.64. The molecule has 0 radical (unpaired) electrons. The predicted molar refractivity (Wildman–Crippen MR) is 81.0 cm³/mol. The number of imidazole rings is 1. The van der Waals surface area contributed by atoms with Crippen molar-refractivity contribution in [1.82, 2.24) is 19.9 Å². The van der Waals surface area contributed by atoms with E-state index in [2.05, 4.69) is 33.8 Å². The number of aromatic nitrogens is 4. The average molecular weight is 283 g/mol. The summed E-state index contributed by atoms with van der Waals surface area (Å²) in [5.41, 5.74) is 8.00. The Morgan fingerprint density at radius 2 is 1.90 bits per heavy atom. The molecule has 21 heavy (non-hydrogen) atoms. The topological polar surface area (TPSA) is 89.7 Å². The summed E-state index contributed by atoms with van der Waals surface area (Å²) in [7, 11) is 0. The van der Waals surface area contributed by atoms with Crippen LogP contribution < -0.4 is 10.5 Å². The van der Waals surface area contributed by atoms with Gasteiger partial charge in [0.15, 0.2) is 5.65 Å². The van der Waals surface area contributed by atoms with Crippen LogP contribution in [0.5, 0.6) is 5.88 Å². The van der Waals surface area contributed by atoms with Crippen LogP contribution in [0.2, 0.25) is 0 Å². The molecule has 0 aliphatic rings. The maximum absolute atomic E-state index is 5.78. The van der Waals surface area contributed by atoms with E-state index in [0.29, 0.717) is 23.7 Å². The summed E-state index contributed by atoms with van der Waals surface area (Å²) in [6.07, 6.45) is 0. The van der Waals surface area contributed by atoms with Crippen LogP contribution in [0.4, 0.5) is 5.95 Å². The molecule has 6 heteroatoms. The molecular formula is C15H17N5O. The van der Waals surface area contributed by atoms with E-state index in [1.54, 1.807) is 0 Å². The molecule has 108 valence electrons. The summed E-state index contributed by atoms with van der Waals surface area (Å²) in [5, 5.41) is 0. The van der Waals surface area contributed by atoms with Crippen LogP contribution in [0.25, 0.3) is 11.2 Å². The van der Waals surface area contributed by atoms with Crippen molar-refractivity contribution in [2.75, 3.05) is 5.73 Å². The van der Waals surface area contributed by atoms with E-state index in [4.69, 9.17) is 10.5 Å². The van der Waals surface area contributed by atoms with E-state index in [1.165, 1.54) is 0 Å². The van der Waals surface area contributed by atoms with E-state index in [1.807, 2.05) is 30.3 Å². The number of nitrogens with one attached hydrogen (secondary N) is 1. The number of fused-ring (bicyclic) bond motifs is 1. The fourth-order valence-electron chi connectivity index (χ4n) is 2.01. The van der Waals surface area contributed by atoms with Gasteiger partial charge in [0.25, 0.3) is 0 Å². The Morgan fingerprint density at radius 1 is 1.14 bits per heavy atom. The highest BCUT2D eigenvalue weighted by atomic mass is 16.5. The van der Waals surface area contributed by atoms with Gasteiger partial charge >= 0.3 is 0 Å². The van der Waals surface area contributed by atoms with Crippen molar-refractivity contribution in [3.05, 3.63) is 41.7 Å². The molecule has 3 N–H and O–H groups in total. The Hall–Kier alpha value is -2.63. The molecule has 2 aromatic heterocycles. The molecule has 0 aliphatic carbocycles. The third-order valence-corrected chi connectivity index (χ3v) is 3.12. The van der Waals surface area contributed by atoms with Crippen LogP contribution in [0.3, 0.4) is 0 Å². The summed E-state index contributed by atoms with van der Waals surface area (Å²) in [6, 6.07) is 9.89. The van der Waals surface area contributed by atoms with Crippen LogP contribution in [0, 0.1) is 0 Å². The molecule has 6 nitrogen and oxygen atoms in total. The minimum Gasteiger partial charge on any atom is -0.471 e. The first kappa shape index (κ1) is 13.4. The molecule has 0 bridgehead atoms.